The van der Waals surface area contributed by atoms with Gasteiger partial charge < -0.3 is 4.74 Å². The average molecular weight is 540 g/mol. The number of ether oxygens (including phenoxy) is 1. The predicted molar refractivity (Wildman–Crippen MR) is 172 cm³/mol. The summed E-state index contributed by atoms with van der Waals surface area (Å²) < 4.78 is 6.48. The Morgan fingerprint density at radius 3 is 2.88 bits per heavy atom. The molecule has 4 heteroatoms. The van der Waals surface area contributed by atoms with Crippen molar-refractivity contribution in [2.24, 2.45) is 9.98 Å². The molecule has 0 saturated heterocycles. The number of hydrogen-bond donors (Lipinski definition) is 0. The van der Waals surface area contributed by atoms with Gasteiger partial charge in [-0.1, -0.05) is 66.3 Å². The molecule has 0 aromatic heterocycles. The average Bonchev–Trinajstić information content (AvgIpc) is 2.92. The number of benzene rings is 1. The first-order valence-electron chi connectivity index (χ1n) is 14.2. The van der Waals surface area contributed by atoms with Crippen LogP contribution in [0, 0.1) is 11.3 Å². The summed E-state index contributed by atoms with van der Waals surface area (Å²) in [4.78, 5) is 9.61. The maximum absolute atomic E-state index is 9.65. The van der Waals surface area contributed by atoms with E-state index >= 15 is 0 Å². The molecule has 1 aliphatic carbocycles. The van der Waals surface area contributed by atoms with Gasteiger partial charge in [0, 0.05) is 42.0 Å². The molecule has 2 aliphatic heterocycles. The van der Waals surface area contributed by atoms with Crippen molar-refractivity contribution in [3.8, 4) is 11.8 Å². The quantitative estimate of drug-likeness (QED) is 0.244. The fourth-order valence-corrected chi connectivity index (χ4v) is 4.65. The molecule has 0 spiro atoms. The van der Waals surface area contributed by atoms with Gasteiger partial charge in [0.05, 0.1) is 17.3 Å². The van der Waals surface area contributed by atoms with E-state index in [0.717, 1.165) is 66.6 Å². The summed E-state index contributed by atoms with van der Waals surface area (Å²) in [6, 6.07) is 7.68. The van der Waals surface area contributed by atoms with E-state index in [1.165, 1.54) is 11.1 Å². The summed E-state index contributed by atoms with van der Waals surface area (Å²) in [7, 11) is 0. The number of nitriles is 1. The Labute approximate surface area is 244 Å². The zero-order valence-electron chi connectivity index (χ0n) is 24.1. The molecule has 4 rings (SSSR count). The number of rotatable bonds is 8. The van der Waals surface area contributed by atoms with Crippen molar-refractivity contribution in [2.45, 2.75) is 58.8 Å². The van der Waals surface area contributed by atoms with Crippen molar-refractivity contribution in [2.75, 3.05) is 0 Å². The van der Waals surface area contributed by atoms with Crippen molar-refractivity contribution in [1.82, 2.24) is 0 Å². The molecule has 4 nitrogen and oxygen atoms in total. The molecule has 206 valence electrons. The fraction of sp³-hybridized carbons (Fsp3) is 0.243. The zero-order valence-corrected chi connectivity index (χ0v) is 24.1. The minimum atomic E-state index is 0.475. The van der Waals surface area contributed by atoms with E-state index in [2.05, 4.69) is 54.8 Å². The monoisotopic (exact) mass is 539 g/mol. The maximum Gasteiger partial charge on any atom is 0.220 e. The first-order valence-corrected chi connectivity index (χ1v) is 14.2. The van der Waals surface area contributed by atoms with E-state index in [1.807, 2.05) is 56.5 Å². The van der Waals surface area contributed by atoms with E-state index in [4.69, 9.17) is 14.7 Å². The Morgan fingerprint density at radius 1 is 1.15 bits per heavy atom. The van der Waals surface area contributed by atoms with Crippen LogP contribution in [0.15, 0.2) is 136 Å². The van der Waals surface area contributed by atoms with Gasteiger partial charge in [-0.15, -0.1) is 5.73 Å². The van der Waals surface area contributed by atoms with Crippen LogP contribution in [0.5, 0.6) is 5.75 Å². The molecular weight excluding hydrogens is 502 g/mol. The molecule has 0 N–H and O–H groups in total. The summed E-state index contributed by atoms with van der Waals surface area (Å²) in [5, 5.41) is 9.65. The van der Waals surface area contributed by atoms with Gasteiger partial charge in [-0.3, -0.25) is 4.99 Å². The first-order chi connectivity index (χ1) is 20.0. The summed E-state index contributed by atoms with van der Waals surface area (Å²) in [6.07, 6.45) is 31.0. The highest BCUT2D eigenvalue weighted by Gasteiger charge is 2.14. The summed E-state index contributed by atoms with van der Waals surface area (Å²) in [6.45, 7) is 8.11. The first kappa shape index (κ1) is 29.3. The number of allylic oxidation sites excluding steroid dienone is 14. The second-order valence-corrected chi connectivity index (χ2v) is 10.2. The lowest BCUT2D eigenvalue weighted by atomic mass is 9.96. The molecule has 0 amide bonds. The molecule has 0 unspecified atom stereocenters. The highest BCUT2D eigenvalue weighted by Crippen LogP contribution is 2.32. The molecule has 1 aromatic rings. The van der Waals surface area contributed by atoms with Crippen molar-refractivity contribution >= 4 is 17.6 Å². The van der Waals surface area contributed by atoms with Crippen LogP contribution in [0.4, 0.5) is 0 Å². The van der Waals surface area contributed by atoms with E-state index in [-0.39, 0.29) is 0 Å². The van der Waals surface area contributed by atoms with E-state index in [1.54, 1.807) is 12.1 Å². The third-order valence-electron chi connectivity index (χ3n) is 6.84. The Hall–Kier alpha value is -4.71. The van der Waals surface area contributed by atoms with Gasteiger partial charge in [-0.2, -0.15) is 5.26 Å². The third kappa shape index (κ3) is 9.17. The highest BCUT2D eigenvalue weighted by molar-refractivity contribution is 5.87. The topological polar surface area (TPSA) is 57.7 Å². The van der Waals surface area contributed by atoms with Gasteiger partial charge in [0.15, 0.2) is 0 Å². The number of hydrogen-bond acceptors (Lipinski definition) is 4. The molecular formula is C37H37N3O. The maximum atomic E-state index is 9.65. The third-order valence-corrected chi connectivity index (χ3v) is 6.84. The Morgan fingerprint density at radius 2 is 2.02 bits per heavy atom. The largest absolute Gasteiger partial charge is 0.438 e. The highest BCUT2D eigenvalue weighted by atomic mass is 16.5. The Balaban J connectivity index is 1.65. The lowest BCUT2D eigenvalue weighted by Gasteiger charge is -2.15. The SMILES string of the molecule is C=C1/C=C\C=C(\CC2=C=CCC(C)=NC(Oc3cc(C#N)ccc3C3=C/C=C/C=C(/CC/C=C/C)C=N3)=C2)CCC1. The summed E-state index contributed by atoms with van der Waals surface area (Å²) in [5.74, 6) is 1.02. The molecule has 0 saturated carbocycles. The lowest BCUT2D eigenvalue weighted by Crippen LogP contribution is -2.03. The van der Waals surface area contributed by atoms with Crippen molar-refractivity contribution in [1.29, 1.82) is 5.26 Å². The molecule has 41 heavy (non-hydrogen) atoms. The van der Waals surface area contributed by atoms with Gasteiger partial charge in [-0.25, -0.2) is 4.99 Å². The summed E-state index contributed by atoms with van der Waals surface area (Å²) in [5.41, 5.74) is 11.1. The van der Waals surface area contributed by atoms with E-state index in [9.17, 15) is 5.26 Å². The van der Waals surface area contributed by atoms with E-state index in [0.29, 0.717) is 23.6 Å². The molecule has 2 heterocycles. The zero-order chi connectivity index (χ0) is 28.9. The molecule has 3 aliphatic rings. The second kappa shape index (κ2) is 15.2. The lowest BCUT2D eigenvalue weighted by molar-refractivity contribution is 0.418. The van der Waals surface area contributed by atoms with Crippen molar-refractivity contribution in [3.63, 3.8) is 0 Å². The number of aliphatic imine (C=N–C) groups is 2. The van der Waals surface area contributed by atoms with Gasteiger partial charge in [0.25, 0.3) is 0 Å². The Kier molecular flexibility index (Phi) is 10.8. The molecule has 0 fully saturated rings. The van der Waals surface area contributed by atoms with Gasteiger partial charge in [0.2, 0.25) is 5.88 Å². The Bertz CT molecular complexity index is 1550. The van der Waals surface area contributed by atoms with Crippen LogP contribution >= 0.6 is 0 Å². The normalized spacial score (nSPS) is 21.5. The van der Waals surface area contributed by atoms with Gasteiger partial charge >= 0.3 is 0 Å². The number of nitrogens with zero attached hydrogens (tertiary/aromatic N) is 3. The van der Waals surface area contributed by atoms with E-state index < -0.39 is 0 Å². The van der Waals surface area contributed by atoms with Crippen LogP contribution in [0.25, 0.3) is 5.70 Å². The molecule has 0 radical (unpaired) electrons. The summed E-state index contributed by atoms with van der Waals surface area (Å²) >= 11 is 0. The molecule has 0 bridgehead atoms. The van der Waals surface area contributed by atoms with Crippen LogP contribution in [-0.2, 0) is 0 Å². The van der Waals surface area contributed by atoms with Crippen LogP contribution < -0.4 is 4.74 Å². The minimum absolute atomic E-state index is 0.475. The van der Waals surface area contributed by atoms with Crippen molar-refractivity contribution < 1.29 is 4.74 Å². The smallest absolute Gasteiger partial charge is 0.220 e. The molecule has 0 atom stereocenters. The standard InChI is InChI=1S/C37H37N3O/c1-4-5-6-15-31-16-7-8-20-35(39-27-31)34-22-21-33(26-38)24-36(34)41-37-25-32(19-11-14-29(3)40-37)23-30-17-9-12-28(2)13-10-18-30/h4-5,7-9,11-12,16-17,20-22,24-25,27H,2,6,10,13-15,18,23H2,1,3H3/b5-4+,8-7+,12-9-,16-7?,20-8?,30-17+,31-16-,31-27?,35-20?,37-25?,39-27?,39-35?,40-29?. The van der Waals surface area contributed by atoms with Crippen LogP contribution in [-0.4, -0.2) is 11.9 Å². The minimum Gasteiger partial charge on any atom is -0.438 e. The van der Waals surface area contributed by atoms with Crippen LogP contribution in [0.1, 0.15) is 69.9 Å². The van der Waals surface area contributed by atoms with Gasteiger partial charge in [-0.05, 0) is 81.9 Å². The van der Waals surface area contributed by atoms with Crippen LogP contribution in [0.3, 0.4) is 0 Å². The predicted octanol–water partition coefficient (Wildman–Crippen LogP) is 9.60. The van der Waals surface area contributed by atoms with Crippen LogP contribution in [0.2, 0.25) is 0 Å². The van der Waals surface area contributed by atoms with Crippen molar-refractivity contribution in [3.05, 3.63) is 137 Å². The van der Waals surface area contributed by atoms with Gasteiger partial charge in [0.1, 0.15) is 5.75 Å². The second-order valence-electron chi connectivity index (χ2n) is 10.2. The fourth-order valence-electron chi connectivity index (χ4n) is 4.65. The molecule has 1 aromatic carbocycles.